The zero-order chi connectivity index (χ0) is 32.5. The number of carbonyl (C=O) groups excluding carboxylic acids is 2. The maximum Gasteiger partial charge on any atom is 0.253 e. The quantitative estimate of drug-likeness (QED) is 0.227. The minimum absolute atomic E-state index is 0.0963. The van der Waals surface area contributed by atoms with Crippen molar-refractivity contribution < 1.29 is 19.1 Å². The number of rotatable bonds is 7. The number of aromatic nitrogens is 4. The first-order valence-electron chi connectivity index (χ1n) is 15.1. The fourth-order valence-corrected chi connectivity index (χ4v) is 5.89. The van der Waals surface area contributed by atoms with Crippen LogP contribution < -0.4 is 5.73 Å². The molecule has 47 heavy (non-hydrogen) atoms. The molecule has 1 aliphatic heterocycles. The van der Waals surface area contributed by atoms with Crippen molar-refractivity contribution in [2.24, 2.45) is 0 Å². The molecule has 0 radical (unpaired) electrons. The van der Waals surface area contributed by atoms with Gasteiger partial charge in [-0.1, -0.05) is 24.3 Å². The highest BCUT2D eigenvalue weighted by Crippen LogP contribution is 2.32. The number of nitrogens with two attached hydrogens (primary N) is 1. The van der Waals surface area contributed by atoms with E-state index in [2.05, 4.69) is 9.88 Å². The minimum atomic E-state index is -0.357. The molecule has 3 aromatic heterocycles. The molecule has 1 saturated heterocycles. The number of aldehydes is 1. The molecule has 1 fully saturated rings. The van der Waals surface area contributed by atoms with Gasteiger partial charge < -0.3 is 15.7 Å². The van der Waals surface area contributed by atoms with Crippen molar-refractivity contribution in [2.75, 3.05) is 31.9 Å². The highest BCUT2D eigenvalue weighted by Gasteiger charge is 2.24. The molecule has 4 heterocycles. The van der Waals surface area contributed by atoms with E-state index in [1.807, 2.05) is 41.0 Å². The van der Waals surface area contributed by atoms with E-state index in [1.165, 1.54) is 24.3 Å². The van der Waals surface area contributed by atoms with Crippen molar-refractivity contribution in [1.29, 1.82) is 0 Å². The maximum atomic E-state index is 14.7. The fraction of sp³-hybridized carbons (Fsp3) is 0.139. The Bertz CT molecular complexity index is 2120. The van der Waals surface area contributed by atoms with E-state index < -0.39 is 0 Å². The molecule has 10 nitrogen and oxygen atoms in total. The monoisotopic (exact) mass is 627 g/mol. The molecule has 1 amide bonds. The van der Waals surface area contributed by atoms with Crippen LogP contribution in [0.15, 0.2) is 97.2 Å². The van der Waals surface area contributed by atoms with Gasteiger partial charge in [-0.15, -0.1) is 0 Å². The van der Waals surface area contributed by atoms with Gasteiger partial charge in [0.25, 0.3) is 5.91 Å². The average molecular weight is 628 g/mol. The van der Waals surface area contributed by atoms with Crippen molar-refractivity contribution in [2.45, 2.75) is 6.54 Å². The Hall–Kier alpha value is -5.94. The molecule has 0 saturated carbocycles. The lowest BCUT2D eigenvalue weighted by molar-refractivity contribution is 0.0628. The highest BCUT2D eigenvalue weighted by atomic mass is 19.1. The summed E-state index contributed by atoms with van der Waals surface area (Å²) < 4.78 is 16.6. The van der Waals surface area contributed by atoms with Crippen LogP contribution in [0.5, 0.6) is 5.75 Å². The van der Waals surface area contributed by atoms with E-state index >= 15 is 0 Å². The topological polar surface area (TPSA) is 130 Å². The van der Waals surface area contributed by atoms with Gasteiger partial charge in [-0.25, -0.2) is 19.3 Å². The van der Waals surface area contributed by atoms with Crippen LogP contribution in [0.4, 0.5) is 10.2 Å². The van der Waals surface area contributed by atoms with Crippen LogP contribution in [0.1, 0.15) is 26.3 Å². The number of hydrogen-bond acceptors (Lipinski definition) is 8. The van der Waals surface area contributed by atoms with Gasteiger partial charge in [0.1, 0.15) is 22.9 Å². The van der Waals surface area contributed by atoms with Crippen molar-refractivity contribution in [3.05, 3.63) is 120 Å². The number of nitrogens with zero attached hydrogens (tertiary/aromatic N) is 6. The summed E-state index contributed by atoms with van der Waals surface area (Å²) in [6, 6.07) is 26.2. The van der Waals surface area contributed by atoms with E-state index in [1.54, 1.807) is 41.4 Å². The Morgan fingerprint density at radius 3 is 2.40 bits per heavy atom. The van der Waals surface area contributed by atoms with E-state index in [0.29, 0.717) is 84.2 Å². The van der Waals surface area contributed by atoms with Gasteiger partial charge in [-0.05, 0) is 72.3 Å². The number of piperazine rings is 1. The van der Waals surface area contributed by atoms with Gasteiger partial charge in [0.05, 0.1) is 16.8 Å². The van der Waals surface area contributed by atoms with E-state index in [4.69, 9.17) is 15.7 Å². The molecule has 0 aliphatic carbocycles. The van der Waals surface area contributed by atoms with Crippen LogP contribution in [0.2, 0.25) is 0 Å². The van der Waals surface area contributed by atoms with Gasteiger partial charge >= 0.3 is 0 Å². The van der Waals surface area contributed by atoms with Crippen LogP contribution in [-0.4, -0.2) is 72.8 Å². The number of phenols is 1. The third-order valence-corrected chi connectivity index (χ3v) is 8.40. The number of fused-ring (bicyclic) bond motifs is 1. The second-order valence-corrected chi connectivity index (χ2v) is 11.4. The lowest BCUT2D eigenvalue weighted by atomic mass is 10.1. The number of amides is 1. The van der Waals surface area contributed by atoms with Crippen molar-refractivity contribution in [3.63, 3.8) is 0 Å². The lowest BCUT2D eigenvalue weighted by Gasteiger charge is -2.35. The summed E-state index contributed by atoms with van der Waals surface area (Å²) in [5.74, 6) is 0.244. The number of aromatic hydroxyl groups is 1. The molecule has 234 valence electrons. The smallest absolute Gasteiger partial charge is 0.253 e. The molecule has 3 N–H and O–H groups in total. The van der Waals surface area contributed by atoms with Crippen LogP contribution in [-0.2, 0) is 6.54 Å². The molecular weight excluding hydrogens is 597 g/mol. The molecule has 0 atom stereocenters. The summed E-state index contributed by atoms with van der Waals surface area (Å²) in [5.41, 5.74) is 11.4. The molecule has 0 spiro atoms. The standard InChI is InChI=1S/C36H30FN7O3/c37-29-6-2-1-4-27(29)30-12-13-31-35(40-30)44(34(41-31)28-5-3-15-39-33(28)38)26-10-7-23(8-11-26)21-42-16-18-43(19-17-42)36(47)24-9-14-32(46)25(20-24)22-45/h1-15,20,22,46H,16-19,21H2,(H2,38,39). The third kappa shape index (κ3) is 5.80. The predicted molar refractivity (Wildman–Crippen MR) is 177 cm³/mol. The Kier molecular flexibility index (Phi) is 7.88. The zero-order valence-electron chi connectivity index (χ0n) is 25.3. The van der Waals surface area contributed by atoms with Gasteiger partial charge in [0.15, 0.2) is 17.8 Å². The molecule has 3 aromatic carbocycles. The summed E-state index contributed by atoms with van der Waals surface area (Å²) >= 11 is 0. The molecular formula is C36H30FN7O3. The first kappa shape index (κ1) is 29.8. The van der Waals surface area contributed by atoms with Gasteiger partial charge in [-0.2, -0.15) is 0 Å². The second kappa shape index (κ2) is 12.5. The minimum Gasteiger partial charge on any atom is -0.507 e. The largest absolute Gasteiger partial charge is 0.507 e. The van der Waals surface area contributed by atoms with Crippen molar-refractivity contribution in [1.82, 2.24) is 29.3 Å². The van der Waals surface area contributed by atoms with Gasteiger partial charge in [0.2, 0.25) is 0 Å². The summed E-state index contributed by atoms with van der Waals surface area (Å²) in [5, 5.41) is 9.77. The summed E-state index contributed by atoms with van der Waals surface area (Å²) in [6.07, 6.45) is 2.17. The number of carbonyl (C=O) groups is 2. The number of benzene rings is 3. The molecule has 6 aromatic rings. The number of hydrogen-bond donors (Lipinski definition) is 2. The van der Waals surface area contributed by atoms with Crippen LogP contribution in [0.3, 0.4) is 0 Å². The Labute approximate surface area is 269 Å². The first-order valence-corrected chi connectivity index (χ1v) is 15.1. The zero-order valence-corrected chi connectivity index (χ0v) is 25.3. The van der Waals surface area contributed by atoms with E-state index in [-0.39, 0.29) is 23.0 Å². The summed E-state index contributed by atoms with van der Waals surface area (Å²) in [6.45, 7) is 3.15. The van der Waals surface area contributed by atoms with E-state index in [9.17, 15) is 19.1 Å². The molecule has 0 unspecified atom stereocenters. The molecule has 7 rings (SSSR count). The lowest BCUT2D eigenvalue weighted by Crippen LogP contribution is -2.48. The number of nitrogen functional groups attached to an aromatic ring is 1. The van der Waals surface area contributed by atoms with Crippen molar-refractivity contribution in [3.8, 4) is 34.1 Å². The van der Waals surface area contributed by atoms with Crippen LogP contribution in [0.25, 0.3) is 39.5 Å². The first-order chi connectivity index (χ1) is 22.9. The number of halogens is 1. The van der Waals surface area contributed by atoms with Crippen molar-refractivity contribution >= 4 is 29.2 Å². The second-order valence-electron chi connectivity index (χ2n) is 11.4. The Balaban J connectivity index is 1.13. The molecule has 11 heteroatoms. The number of pyridine rings is 2. The Morgan fingerprint density at radius 2 is 1.66 bits per heavy atom. The van der Waals surface area contributed by atoms with Crippen LogP contribution in [0, 0.1) is 5.82 Å². The third-order valence-electron chi connectivity index (χ3n) is 8.40. The molecule has 1 aliphatic rings. The number of anilines is 1. The summed E-state index contributed by atoms with van der Waals surface area (Å²) in [4.78, 5) is 42.3. The maximum absolute atomic E-state index is 14.7. The van der Waals surface area contributed by atoms with Crippen LogP contribution >= 0.6 is 0 Å². The normalized spacial score (nSPS) is 13.6. The van der Waals surface area contributed by atoms with Gasteiger partial charge in [0, 0.05) is 55.7 Å². The highest BCUT2D eigenvalue weighted by molar-refractivity contribution is 5.96. The van der Waals surface area contributed by atoms with E-state index in [0.717, 1.165) is 11.3 Å². The number of imidazole rings is 1. The Morgan fingerprint density at radius 1 is 0.894 bits per heavy atom. The SMILES string of the molecule is Nc1ncccc1-c1nc2ccc(-c3ccccc3F)nc2n1-c1ccc(CN2CCN(C(=O)c3ccc(O)c(C=O)c3)CC2)cc1. The fourth-order valence-electron chi connectivity index (χ4n) is 5.89. The predicted octanol–water partition coefficient (Wildman–Crippen LogP) is 5.35. The van der Waals surface area contributed by atoms with Gasteiger partial charge in [-0.3, -0.25) is 19.1 Å². The molecule has 0 bridgehead atoms. The number of phenolic OH excluding ortho intramolecular Hbond substituents is 1. The average Bonchev–Trinajstić information content (AvgIpc) is 3.48. The summed E-state index contributed by atoms with van der Waals surface area (Å²) in [7, 11) is 0.